The molecule has 7 atom stereocenters. The van der Waals surface area contributed by atoms with Crippen LogP contribution in [0.15, 0.2) is 11.1 Å². The molecule has 0 bridgehead atoms. The molecule has 1 aliphatic carbocycles. The lowest BCUT2D eigenvalue weighted by Crippen LogP contribution is -2.59. The van der Waals surface area contributed by atoms with Crippen molar-refractivity contribution in [2.45, 2.75) is 96.3 Å². The summed E-state index contributed by atoms with van der Waals surface area (Å²) in [6, 6.07) is 0. The van der Waals surface area contributed by atoms with Crippen molar-refractivity contribution in [1.82, 2.24) is 0 Å². The zero-order valence-corrected chi connectivity index (χ0v) is 16.1. The van der Waals surface area contributed by atoms with E-state index < -0.39 is 37.3 Å². The summed E-state index contributed by atoms with van der Waals surface area (Å²) in [5.41, 5.74) is 2.48. The molecule has 0 aromatic heterocycles. The molecule has 0 aromatic carbocycles. The van der Waals surface area contributed by atoms with E-state index in [0.717, 1.165) is 12.8 Å². The van der Waals surface area contributed by atoms with Gasteiger partial charge in [-0.3, -0.25) is 0 Å². The fraction of sp³-hybridized carbons (Fsp3) is 0.895. The van der Waals surface area contributed by atoms with Gasteiger partial charge in [-0.1, -0.05) is 25.0 Å². The van der Waals surface area contributed by atoms with Crippen molar-refractivity contribution in [3.63, 3.8) is 0 Å². The molecule has 0 aromatic rings. The first-order valence-electron chi connectivity index (χ1n) is 9.40. The molecule has 0 spiro atoms. The van der Waals surface area contributed by atoms with Crippen LogP contribution in [-0.4, -0.2) is 75.1 Å². The van der Waals surface area contributed by atoms with E-state index in [1.54, 1.807) is 0 Å². The lowest BCUT2D eigenvalue weighted by Gasteiger charge is -2.41. The monoisotopic (exact) mass is 374 g/mol. The average molecular weight is 374 g/mol. The van der Waals surface area contributed by atoms with E-state index in [2.05, 4.69) is 20.8 Å². The summed E-state index contributed by atoms with van der Waals surface area (Å²) in [6.45, 7) is 7.72. The normalized spacial score (nSPS) is 39.1. The summed E-state index contributed by atoms with van der Waals surface area (Å²) in [6.07, 6.45) is -3.86. The highest BCUT2D eigenvalue weighted by molar-refractivity contribution is 5.24. The van der Waals surface area contributed by atoms with Crippen LogP contribution in [0.1, 0.15) is 53.4 Å². The number of ether oxygens (including phenoxy) is 2. The number of aliphatic hydroxyl groups excluding tert-OH is 5. The average Bonchev–Trinajstić information content (AvgIpc) is 2.53. The SMILES string of the molecule is CC1=C(CC[C@H](C)O[C@H]2O[C@@H](CO)[C@H](O)[C@@H](O)[C@@H]2O)C(C)(C)C[C@H](O)C1. The van der Waals surface area contributed by atoms with Gasteiger partial charge in [-0.2, -0.15) is 0 Å². The Morgan fingerprint density at radius 3 is 2.38 bits per heavy atom. The molecule has 1 fully saturated rings. The summed E-state index contributed by atoms with van der Waals surface area (Å²) >= 11 is 0. The minimum absolute atomic E-state index is 0.0649. The van der Waals surface area contributed by atoms with Crippen LogP contribution in [0.25, 0.3) is 0 Å². The van der Waals surface area contributed by atoms with Crippen LogP contribution in [0, 0.1) is 5.41 Å². The van der Waals surface area contributed by atoms with Crippen LogP contribution in [-0.2, 0) is 9.47 Å². The first-order valence-corrected chi connectivity index (χ1v) is 9.40. The van der Waals surface area contributed by atoms with Gasteiger partial charge in [0.05, 0.1) is 18.8 Å². The molecule has 1 aliphatic heterocycles. The molecule has 2 aliphatic rings. The van der Waals surface area contributed by atoms with E-state index in [1.807, 2.05) is 6.92 Å². The number of hydrogen-bond donors (Lipinski definition) is 5. The van der Waals surface area contributed by atoms with Crippen molar-refractivity contribution >= 4 is 0 Å². The minimum atomic E-state index is -1.43. The predicted octanol–water partition coefficient (Wildman–Crippen LogP) is 0.469. The van der Waals surface area contributed by atoms with E-state index in [1.165, 1.54) is 11.1 Å². The maximum Gasteiger partial charge on any atom is 0.186 e. The van der Waals surface area contributed by atoms with E-state index in [4.69, 9.17) is 9.47 Å². The Morgan fingerprint density at radius 2 is 1.81 bits per heavy atom. The van der Waals surface area contributed by atoms with Gasteiger partial charge in [0.2, 0.25) is 0 Å². The molecule has 0 saturated carbocycles. The molecule has 0 amide bonds. The van der Waals surface area contributed by atoms with E-state index >= 15 is 0 Å². The Hall–Kier alpha value is -0.540. The fourth-order valence-electron chi connectivity index (χ4n) is 4.21. The van der Waals surface area contributed by atoms with Crippen molar-refractivity contribution in [1.29, 1.82) is 0 Å². The molecule has 0 radical (unpaired) electrons. The van der Waals surface area contributed by atoms with Crippen molar-refractivity contribution in [3.8, 4) is 0 Å². The first-order chi connectivity index (χ1) is 12.1. The molecular formula is C19H34O7. The molecule has 7 nitrogen and oxygen atoms in total. The molecule has 0 unspecified atom stereocenters. The Kier molecular flexibility index (Phi) is 7.23. The van der Waals surface area contributed by atoms with Gasteiger partial charge >= 0.3 is 0 Å². The van der Waals surface area contributed by atoms with Crippen LogP contribution < -0.4 is 0 Å². The predicted molar refractivity (Wildman–Crippen MR) is 95.3 cm³/mol. The van der Waals surface area contributed by atoms with Crippen LogP contribution >= 0.6 is 0 Å². The second kappa shape index (κ2) is 8.65. The Labute approximate surface area is 155 Å². The first kappa shape index (κ1) is 21.8. The number of hydrogen-bond acceptors (Lipinski definition) is 7. The highest BCUT2D eigenvalue weighted by Gasteiger charge is 2.44. The van der Waals surface area contributed by atoms with Gasteiger partial charge in [-0.15, -0.1) is 0 Å². The maximum absolute atomic E-state index is 10.1. The van der Waals surface area contributed by atoms with Crippen molar-refractivity contribution in [2.75, 3.05) is 6.61 Å². The van der Waals surface area contributed by atoms with Crippen molar-refractivity contribution < 1.29 is 35.0 Å². The third-order valence-corrected chi connectivity index (χ3v) is 5.64. The second-order valence-electron chi connectivity index (χ2n) is 8.39. The third-order valence-electron chi connectivity index (χ3n) is 5.64. The molecule has 2 rings (SSSR count). The van der Waals surface area contributed by atoms with Crippen molar-refractivity contribution in [3.05, 3.63) is 11.1 Å². The summed E-state index contributed by atoms with van der Waals surface area (Å²) in [4.78, 5) is 0. The minimum Gasteiger partial charge on any atom is -0.394 e. The molecule has 26 heavy (non-hydrogen) atoms. The zero-order valence-electron chi connectivity index (χ0n) is 16.1. The molecule has 7 heteroatoms. The third kappa shape index (κ3) is 4.84. The van der Waals surface area contributed by atoms with Gasteiger partial charge in [0.1, 0.15) is 24.4 Å². The standard InChI is InChI=1S/C19H34O7/c1-10-7-12(21)8-19(3,4)13(10)6-5-11(2)25-18-17(24)16(23)15(22)14(9-20)26-18/h11-12,14-18,20-24H,5-9H2,1-4H3/t11-,12+,14-,15-,16+,17-,18-/m0/s1. The summed E-state index contributed by atoms with van der Waals surface area (Å²) in [5, 5.41) is 48.9. The van der Waals surface area contributed by atoms with Gasteiger partial charge in [0, 0.05) is 0 Å². The van der Waals surface area contributed by atoms with E-state index in [0.29, 0.717) is 12.8 Å². The lowest BCUT2D eigenvalue weighted by atomic mass is 9.70. The van der Waals surface area contributed by atoms with Crippen LogP contribution in [0.3, 0.4) is 0 Å². The summed E-state index contributed by atoms with van der Waals surface area (Å²) in [5.74, 6) is 0. The van der Waals surface area contributed by atoms with Crippen LogP contribution in [0.4, 0.5) is 0 Å². The quantitative estimate of drug-likeness (QED) is 0.429. The largest absolute Gasteiger partial charge is 0.394 e. The van der Waals surface area contributed by atoms with E-state index in [9.17, 15) is 25.5 Å². The van der Waals surface area contributed by atoms with Gasteiger partial charge in [0.15, 0.2) is 6.29 Å². The molecule has 1 saturated heterocycles. The summed E-state index contributed by atoms with van der Waals surface area (Å²) in [7, 11) is 0. The van der Waals surface area contributed by atoms with E-state index in [-0.39, 0.29) is 17.6 Å². The molecule has 1 heterocycles. The summed E-state index contributed by atoms with van der Waals surface area (Å²) < 4.78 is 11.1. The van der Waals surface area contributed by atoms with Crippen molar-refractivity contribution in [2.24, 2.45) is 5.41 Å². The molecule has 152 valence electrons. The number of allylic oxidation sites excluding steroid dienone is 1. The van der Waals surface area contributed by atoms with Crippen LogP contribution in [0.2, 0.25) is 0 Å². The zero-order chi connectivity index (χ0) is 19.6. The highest BCUT2D eigenvalue weighted by Crippen LogP contribution is 2.42. The van der Waals surface area contributed by atoms with Crippen LogP contribution in [0.5, 0.6) is 0 Å². The number of rotatable bonds is 6. The second-order valence-corrected chi connectivity index (χ2v) is 8.39. The maximum atomic E-state index is 10.1. The fourth-order valence-corrected chi connectivity index (χ4v) is 4.21. The smallest absolute Gasteiger partial charge is 0.186 e. The highest BCUT2D eigenvalue weighted by atomic mass is 16.7. The molecular weight excluding hydrogens is 340 g/mol. The van der Waals surface area contributed by atoms with Gasteiger partial charge in [-0.05, 0) is 44.9 Å². The lowest BCUT2D eigenvalue weighted by molar-refractivity contribution is -0.310. The Balaban J connectivity index is 1.94. The van der Waals surface area contributed by atoms with Gasteiger partial charge in [-0.25, -0.2) is 0 Å². The Morgan fingerprint density at radius 1 is 1.15 bits per heavy atom. The number of aliphatic hydroxyl groups is 5. The Bertz CT molecular complexity index is 502. The van der Waals surface area contributed by atoms with Gasteiger partial charge in [0.25, 0.3) is 0 Å². The topological polar surface area (TPSA) is 120 Å². The molecule has 5 N–H and O–H groups in total. The van der Waals surface area contributed by atoms with Gasteiger partial charge < -0.3 is 35.0 Å².